The molecule has 2 rings (SSSR count). The highest BCUT2D eigenvalue weighted by Gasteiger charge is 2.10. The second-order valence-electron chi connectivity index (χ2n) is 5.10. The van der Waals surface area contributed by atoms with E-state index in [0.717, 1.165) is 21.6 Å². The van der Waals surface area contributed by atoms with Crippen LogP contribution in [0.1, 0.15) is 19.5 Å². The van der Waals surface area contributed by atoms with E-state index < -0.39 is 6.10 Å². The normalized spacial score (nSPS) is 13.3. The number of pyridine rings is 1. The molecule has 2 aromatic heterocycles. The Kier molecular flexibility index (Phi) is 5.01. The summed E-state index contributed by atoms with van der Waals surface area (Å²) in [6.45, 7) is 6.27. The number of thioether (sulfide) groups is 1. The van der Waals surface area contributed by atoms with Crippen LogP contribution in [0.15, 0.2) is 17.2 Å². The zero-order valence-corrected chi connectivity index (χ0v) is 13.1. The van der Waals surface area contributed by atoms with Crippen LogP contribution in [0.2, 0.25) is 0 Å². The summed E-state index contributed by atoms with van der Waals surface area (Å²) in [6, 6.07) is 2.07. The maximum atomic E-state index is 9.85. The van der Waals surface area contributed by atoms with Crippen molar-refractivity contribution in [2.75, 3.05) is 12.4 Å². The Morgan fingerprint density at radius 2 is 2.20 bits per heavy atom. The maximum absolute atomic E-state index is 9.85. The van der Waals surface area contributed by atoms with Gasteiger partial charge in [0, 0.05) is 29.3 Å². The molecule has 0 aliphatic heterocycles. The minimum absolute atomic E-state index is 0.144. The van der Waals surface area contributed by atoms with E-state index in [0.29, 0.717) is 12.4 Å². The SMILES string of the molecule is Cc1nn(C)c2ncc(SC[C@@H](O)COC(C)C)cc12. The van der Waals surface area contributed by atoms with E-state index in [4.69, 9.17) is 4.74 Å². The van der Waals surface area contributed by atoms with Crippen LogP contribution in [0, 0.1) is 6.92 Å². The van der Waals surface area contributed by atoms with Gasteiger partial charge in [0.2, 0.25) is 0 Å². The Morgan fingerprint density at radius 1 is 1.45 bits per heavy atom. The molecule has 2 heterocycles. The molecule has 0 fully saturated rings. The molecule has 0 unspecified atom stereocenters. The lowest BCUT2D eigenvalue weighted by Crippen LogP contribution is -2.20. The average Bonchev–Trinajstić information content (AvgIpc) is 2.69. The van der Waals surface area contributed by atoms with Gasteiger partial charge < -0.3 is 9.84 Å². The molecule has 0 saturated heterocycles. The molecular weight excluding hydrogens is 274 g/mol. The van der Waals surface area contributed by atoms with Crippen LogP contribution in [0.4, 0.5) is 0 Å². The van der Waals surface area contributed by atoms with Crippen LogP contribution in [0.25, 0.3) is 11.0 Å². The Bertz CT molecular complexity index is 583. The van der Waals surface area contributed by atoms with E-state index in [1.54, 1.807) is 16.4 Å². The number of ether oxygens (including phenoxy) is 1. The van der Waals surface area contributed by atoms with Gasteiger partial charge >= 0.3 is 0 Å². The van der Waals surface area contributed by atoms with E-state index in [1.807, 2.05) is 34.0 Å². The van der Waals surface area contributed by atoms with E-state index >= 15 is 0 Å². The summed E-state index contributed by atoms with van der Waals surface area (Å²) >= 11 is 1.58. The average molecular weight is 295 g/mol. The molecule has 110 valence electrons. The molecule has 5 nitrogen and oxygen atoms in total. The number of nitrogens with zero attached hydrogens (tertiary/aromatic N) is 3. The second kappa shape index (κ2) is 6.56. The zero-order valence-electron chi connectivity index (χ0n) is 12.3. The minimum Gasteiger partial charge on any atom is -0.390 e. The van der Waals surface area contributed by atoms with Gasteiger partial charge in [0.05, 0.1) is 24.5 Å². The number of aliphatic hydroxyl groups is 1. The first kappa shape index (κ1) is 15.3. The summed E-state index contributed by atoms with van der Waals surface area (Å²) in [5.74, 6) is 0.596. The second-order valence-corrected chi connectivity index (χ2v) is 6.19. The molecule has 0 aromatic carbocycles. The third-order valence-electron chi connectivity index (χ3n) is 2.90. The number of rotatable bonds is 6. The molecule has 0 radical (unpaired) electrons. The molecule has 1 N–H and O–H groups in total. The Morgan fingerprint density at radius 3 is 2.90 bits per heavy atom. The van der Waals surface area contributed by atoms with Gasteiger partial charge in [0.15, 0.2) is 5.65 Å². The molecule has 0 spiro atoms. The van der Waals surface area contributed by atoms with Gasteiger partial charge in [-0.1, -0.05) is 0 Å². The minimum atomic E-state index is -0.465. The summed E-state index contributed by atoms with van der Waals surface area (Å²) in [7, 11) is 1.89. The van der Waals surface area contributed by atoms with Crippen molar-refractivity contribution in [3.05, 3.63) is 18.0 Å². The number of hydrogen-bond donors (Lipinski definition) is 1. The molecular formula is C14H21N3O2S. The lowest BCUT2D eigenvalue weighted by molar-refractivity contribution is 0.0152. The van der Waals surface area contributed by atoms with Crippen molar-refractivity contribution in [3.63, 3.8) is 0 Å². The highest BCUT2D eigenvalue weighted by Crippen LogP contribution is 2.24. The molecule has 0 aliphatic rings. The van der Waals surface area contributed by atoms with Crippen LogP contribution >= 0.6 is 11.8 Å². The van der Waals surface area contributed by atoms with E-state index in [-0.39, 0.29) is 6.10 Å². The standard InChI is InChI=1S/C14H21N3O2S/c1-9(2)19-7-11(18)8-20-12-5-13-10(3)16-17(4)14(13)15-6-12/h5-6,9,11,18H,7-8H2,1-4H3/t11-/m0/s1. The first-order valence-corrected chi connectivity index (χ1v) is 7.67. The number of fused-ring (bicyclic) bond motifs is 1. The van der Waals surface area contributed by atoms with Crippen LogP contribution in [0.3, 0.4) is 0 Å². The largest absolute Gasteiger partial charge is 0.390 e. The third kappa shape index (κ3) is 3.71. The molecule has 6 heteroatoms. The van der Waals surface area contributed by atoms with Crippen molar-refractivity contribution >= 4 is 22.8 Å². The molecule has 1 atom stereocenters. The topological polar surface area (TPSA) is 60.2 Å². The first-order chi connectivity index (χ1) is 9.47. The summed E-state index contributed by atoms with van der Waals surface area (Å²) < 4.78 is 7.17. The zero-order chi connectivity index (χ0) is 14.7. The smallest absolute Gasteiger partial charge is 0.157 e. The van der Waals surface area contributed by atoms with Gasteiger partial charge in [0.25, 0.3) is 0 Å². The highest BCUT2D eigenvalue weighted by molar-refractivity contribution is 7.99. The van der Waals surface area contributed by atoms with Crippen molar-refractivity contribution in [1.82, 2.24) is 14.8 Å². The Labute approximate surface area is 123 Å². The number of aryl methyl sites for hydroxylation is 2. The molecule has 2 aromatic rings. The number of aromatic nitrogens is 3. The third-order valence-corrected chi connectivity index (χ3v) is 4.01. The summed E-state index contributed by atoms with van der Waals surface area (Å²) in [5.41, 5.74) is 1.86. The number of hydrogen-bond acceptors (Lipinski definition) is 5. The molecule has 0 aliphatic carbocycles. The van der Waals surface area contributed by atoms with Crippen molar-refractivity contribution in [2.45, 2.75) is 37.9 Å². The van der Waals surface area contributed by atoms with E-state index in [1.165, 1.54) is 0 Å². The van der Waals surface area contributed by atoms with Gasteiger partial charge in [-0.15, -0.1) is 11.8 Å². The molecule has 20 heavy (non-hydrogen) atoms. The van der Waals surface area contributed by atoms with Crippen LogP contribution < -0.4 is 0 Å². The lowest BCUT2D eigenvalue weighted by atomic mass is 10.3. The fraction of sp³-hybridized carbons (Fsp3) is 0.571. The predicted octanol–water partition coefficient (Wildman–Crippen LogP) is 2.15. The highest BCUT2D eigenvalue weighted by atomic mass is 32.2. The van der Waals surface area contributed by atoms with Crippen LogP contribution in [0.5, 0.6) is 0 Å². The van der Waals surface area contributed by atoms with Gasteiger partial charge in [0.1, 0.15) is 0 Å². The quantitative estimate of drug-likeness (QED) is 0.828. The van der Waals surface area contributed by atoms with Gasteiger partial charge in [-0.3, -0.25) is 4.68 Å². The van der Waals surface area contributed by atoms with Crippen molar-refractivity contribution in [3.8, 4) is 0 Å². The van der Waals surface area contributed by atoms with Crippen LogP contribution in [-0.2, 0) is 11.8 Å². The lowest BCUT2D eigenvalue weighted by Gasteiger charge is -2.13. The molecule has 0 bridgehead atoms. The van der Waals surface area contributed by atoms with Crippen molar-refractivity contribution in [2.24, 2.45) is 7.05 Å². The predicted molar refractivity (Wildman–Crippen MR) is 81.1 cm³/mol. The van der Waals surface area contributed by atoms with E-state index in [9.17, 15) is 5.11 Å². The Hall–Kier alpha value is -1.11. The Balaban J connectivity index is 1.98. The van der Waals surface area contributed by atoms with Crippen LogP contribution in [-0.4, -0.2) is 44.4 Å². The monoisotopic (exact) mass is 295 g/mol. The van der Waals surface area contributed by atoms with E-state index in [2.05, 4.69) is 16.1 Å². The fourth-order valence-electron chi connectivity index (χ4n) is 1.91. The van der Waals surface area contributed by atoms with Crippen molar-refractivity contribution in [1.29, 1.82) is 0 Å². The summed E-state index contributed by atoms with van der Waals surface area (Å²) in [4.78, 5) is 5.46. The summed E-state index contributed by atoms with van der Waals surface area (Å²) in [5, 5.41) is 15.3. The maximum Gasteiger partial charge on any atom is 0.157 e. The van der Waals surface area contributed by atoms with Gasteiger partial charge in [-0.2, -0.15) is 5.10 Å². The fourth-order valence-corrected chi connectivity index (χ4v) is 2.72. The molecule has 0 amide bonds. The molecule has 0 saturated carbocycles. The van der Waals surface area contributed by atoms with Gasteiger partial charge in [-0.25, -0.2) is 4.98 Å². The van der Waals surface area contributed by atoms with Gasteiger partial charge in [-0.05, 0) is 26.8 Å². The summed E-state index contributed by atoms with van der Waals surface area (Å²) in [6.07, 6.45) is 1.50. The van der Waals surface area contributed by atoms with Crippen molar-refractivity contribution < 1.29 is 9.84 Å². The number of aliphatic hydroxyl groups excluding tert-OH is 1. The first-order valence-electron chi connectivity index (χ1n) is 6.69.